The van der Waals surface area contributed by atoms with Crippen molar-refractivity contribution in [2.75, 3.05) is 17.7 Å². The molecular formula is C15H19N3O2S. The fourth-order valence-electron chi connectivity index (χ4n) is 2.17. The van der Waals surface area contributed by atoms with Gasteiger partial charge >= 0.3 is 0 Å². The Labute approximate surface area is 125 Å². The van der Waals surface area contributed by atoms with Crippen LogP contribution in [0.1, 0.15) is 11.1 Å². The van der Waals surface area contributed by atoms with Gasteiger partial charge in [-0.2, -0.15) is 0 Å². The van der Waals surface area contributed by atoms with Gasteiger partial charge in [0.25, 0.3) is 0 Å². The Morgan fingerprint density at radius 3 is 2.48 bits per heavy atom. The zero-order valence-electron chi connectivity index (χ0n) is 12.1. The highest BCUT2D eigenvalue weighted by atomic mass is 32.2. The van der Waals surface area contributed by atoms with Crippen molar-refractivity contribution in [3.05, 3.63) is 53.6 Å². The molecule has 6 heteroatoms. The quantitative estimate of drug-likeness (QED) is 0.844. The van der Waals surface area contributed by atoms with Gasteiger partial charge in [0.05, 0.1) is 4.90 Å². The molecule has 0 saturated carbocycles. The summed E-state index contributed by atoms with van der Waals surface area (Å²) >= 11 is 0. The summed E-state index contributed by atoms with van der Waals surface area (Å²) in [5, 5.41) is 5.17. The van der Waals surface area contributed by atoms with Crippen molar-refractivity contribution in [3.8, 4) is 0 Å². The maximum absolute atomic E-state index is 11.5. The molecule has 112 valence electrons. The molecule has 5 nitrogen and oxygen atoms in total. The van der Waals surface area contributed by atoms with Crippen molar-refractivity contribution in [1.29, 1.82) is 0 Å². The lowest BCUT2D eigenvalue weighted by molar-refractivity contribution is 0.598. The molecule has 0 unspecified atom stereocenters. The average molecular weight is 305 g/mol. The Hall–Kier alpha value is -2.05. The first-order valence-electron chi connectivity index (χ1n) is 6.46. The van der Waals surface area contributed by atoms with E-state index in [2.05, 4.69) is 6.07 Å². The first kappa shape index (κ1) is 15.3. The summed E-state index contributed by atoms with van der Waals surface area (Å²) in [5.41, 5.74) is 9.16. The number of aryl methyl sites for hydroxylation is 1. The highest BCUT2D eigenvalue weighted by molar-refractivity contribution is 7.89. The zero-order valence-corrected chi connectivity index (χ0v) is 12.9. The van der Waals surface area contributed by atoms with Crippen LogP contribution in [0.2, 0.25) is 0 Å². The summed E-state index contributed by atoms with van der Waals surface area (Å²) in [4.78, 5) is 1.95. The molecule has 2 rings (SSSR count). The summed E-state index contributed by atoms with van der Waals surface area (Å²) in [6.07, 6.45) is 0. The number of nitrogens with zero attached hydrogens (tertiary/aromatic N) is 1. The number of hydrogen-bond acceptors (Lipinski definition) is 4. The van der Waals surface area contributed by atoms with Crippen LogP contribution in [0.5, 0.6) is 0 Å². The average Bonchev–Trinajstić information content (AvgIpc) is 2.37. The van der Waals surface area contributed by atoms with Crippen LogP contribution in [0.4, 0.5) is 11.4 Å². The van der Waals surface area contributed by atoms with Gasteiger partial charge < -0.3 is 10.6 Å². The number of benzene rings is 2. The molecule has 0 atom stereocenters. The minimum absolute atomic E-state index is 0.0218. The van der Waals surface area contributed by atoms with Crippen molar-refractivity contribution < 1.29 is 8.42 Å². The standard InChI is InChI=1S/C15H19N3O2S/c1-11-4-3-5-12(6-11)10-18(2)14-7-13(16)8-15(9-14)21(17,19)20/h3-9H,10,16H2,1-2H3,(H2,17,19,20). The number of hydrogen-bond donors (Lipinski definition) is 2. The third kappa shape index (κ3) is 3.96. The van der Waals surface area contributed by atoms with Gasteiger partial charge in [-0.05, 0) is 30.7 Å². The van der Waals surface area contributed by atoms with Crippen molar-refractivity contribution in [3.63, 3.8) is 0 Å². The third-order valence-electron chi connectivity index (χ3n) is 3.19. The van der Waals surface area contributed by atoms with E-state index in [1.54, 1.807) is 6.07 Å². The number of primary sulfonamides is 1. The first-order valence-corrected chi connectivity index (χ1v) is 8.00. The molecule has 0 aliphatic heterocycles. The van der Waals surface area contributed by atoms with Crippen LogP contribution in [0.15, 0.2) is 47.4 Å². The fourth-order valence-corrected chi connectivity index (χ4v) is 2.75. The van der Waals surface area contributed by atoms with Crippen LogP contribution in [-0.4, -0.2) is 15.5 Å². The van der Waals surface area contributed by atoms with Crippen LogP contribution in [0.3, 0.4) is 0 Å². The van der Waals surface area contributed by atoms with Crippen LogP contribution in [-0.2, 0) is 16.6 Å². The number of rotatable bonds is 4. The Morgan fingerprint density at radius 1 is 1.14 bits per heavy atom. The minimum atomic E-state index is -3.77. The largest absolute Gasteiger partial charge is 0.399 e. The predicted molar refractivity (Wildman–Crippen MR) is 85.5 cm³/mol. The van der Waals surface area contributed by atoms with Gasteiger partial charge in [-0.15, -0.1) is 0 Å². The SMILES string of the molecule is Cc1cccc(CN(C)c2cc(N)cc(S(N)(=O)=O)c2)c1. The maximum Gasteiger partial charge on any atom is 0.238 e. The van der Waals surface area contributed by atoms with Gasteiger partial charge in [0.15, 0.2) is 0 Å². The Bertz CT molecular complexity index is 757. The molecule has 2 aromatic rings. The van der Waals surface area contributed by atoms with E-state index >= 15 is 0 Å². The van der Waals surface area contributed by atoms with E-state index < -0.39 is 10.0 Å². The van der Waals surface area contributed by atoms with E-state index in [4.69, 9.17) is 10.9 Å². The molecule has 0 aliphatic carbocycles. The number of nitrogens with two attached hydrogens (primary N) is 2. The smallest absolute Gasteiger partial charge is 0.238 e. The normalized spacial score (nSPS) is 11.4. The Morgan fingerprint density at radius 2 is 1.86 bits per heavy atom. The molecule has 0 aromatic heterocycles. The van der Waals surface area contributed by atoms with E-state index in [-0.39, 0.29) is 4.90 Å². The molecule has 4 N–H and O–H groups in total. The highest BCUT2D eigenvalue weighted by Crippen LogP contribution is 2.23. The van der Waals surface area contributed by atoms with Crippen LogP contribution >= 0.6 is 0 Å². The van der Waals surface area contributed by atoms with Gasteiger partial charge in [-0.1, -0.05) is 29.8 Å². The first-order chi connectivity index (χ1) is 9.75. The van der Waals surface area contributed by atoms with E-state index in [9.17, 15) is 8.42 Å². The third-order valence-corrected chi connectivity index (χ3v) is 4.08. The molecule has 0 heterocycles. The van der Waals surface area contributed by atoms with Crippen molar-refractivity contribution in [1.82, 2.24) is 0 Å². The minimum Gasteiger partial charge on any atom is -0.399 e. The summed E-state index contributed by atoms with van der Waals surface area (Å²) < 4.78 is 22.9. The molecular weight excluding hydrogens is 286 g/mol. The van der Waals surface area contributed by atoms with Gasteiger partial charge in [0, 0.05) is 25.0 Å². The van der Waals surface area contributed by atoms with E-state index in [0.717, 1.165) is 5.56 Å². The second-order valence-corrected chi connectivity index (χ2v) is 6.71. The van der Waals surface area contributed by atoms with Crippen molar-refractivity contribution >= 4 is 21.4 Å². The highest BCUT2D eigenvalue weighted by Gasteiger charge is 2.12. The molecule has 0 fully saturated rings. The molecule has 0 amide bonds. The molecule has 2 aromatic carbocycles. The van der Waals surface area contributed by atoms with Crippen LogP contribution in [0, 0.1) is 6.92 Å². The molecule has 21 heavy (non-hydrogen) atoms. The number of anilines is 2. The lowest BCUT2D eigenvalue weighted by atomic mass is 10.1. The topological polar surface area (TPSA) is 89.4 Å². The predicted octanol–water partition coefficient (Wildman–Crippen LogP) is 1.86. The van der Waals surface area contributed by atoms with E-state index in [1.165, 1.54) is 17.7 Å². The summed E-state index contributed by atoms with van der Waals surface area (Å²) in [6.45, 7) is 2.68. The van der Waals surface area contributed by atoms with Gasteiger partial charge in [0.1, 0.15) is 0 Å². The van der Waals surface area contributed by atoms with Crippen LogP contribution in [0.25, 0.3) is 0 Å². The lowest BCUT2D eigenvalue weighted by Crippen LogP contribution is -2.18. The van der Waals surface area contributed by atoms with Gasteiger partial charge in [-0.3, -0.25) is 0 Å². The molecule has 0 spiro atoms. The second kappa shape index (κ2) is 5.75. The van der Waals surface area contributed by atoms with E-state index in [0.29, 0.717) is 17.9 Å². The van der Waals surface area contributed by atoms with Crippen LogP contribution < -0.4 is 15.8 Å². The lowest BCUT2D eigenvalue weighted by Gasteiger charge is -2.21. The number of sulfonamides is 1. The second-order valence-electron chi connectivity index (χ2n) is 5.15. The molecule has 0 radical (unpaired) electrons. The van der Waals surface area contributed by atoms with E-state index in [1.807, 2.05) is 37.1 Å². The maximum atomic E-state index is 11.5. The zero-order chi connectivity index (χ0) is 15.6. The van der Waals surface area contributed by atoms with Gasteiger partial charge in [-0.25, -0.2) is 13.6 Å². The van der Waals surface area contributed by atoms with Crippen molar-refractivity contribution in [2.24, 2.45) is 5.14 Å². The fraction of sp³-hybridized carbons (Fsp3) is 0.200. The number of nitrogen functional groups attached to an aromatic ring is 1. The Kier molecular flexibility index (Phi) is 4.20. The Balaban J connectivity index is 2.31. The molecule has 0 aliphatic rings. The summed E-state index contributed by atoms with van der Waals surface area (Å²) in [5.74, 6) is 0. The summed E-state index contributed by atoms with van der Waals surface area (Å²) in [7, 11) is -1.89. The summed E-state index contributed by atoms with van der Waals surface area (Å²) in [6, 6.07) is 12.8. The monoisotopic (exact) mass is 305 g/mol. The van der Waals surface area contributed by atoms with Gasteiger partial charge in [0.2, 0.25) is 10.0 Å². The molecule has 0 saturated heterocycles. The molecule has 0 bridgehead atoms. The van der Waals surface area contributed by atoms with Crippen molar-refractivity contribution in [2.45, 2.75) is 18.4 Å².